The molecule has 2 aliphatic rings. The van der Waals surface area contributed by atoms with E-state index in [9.17, 15) is 8.78 Å². The lowest BCUT2D eigenvalue weighted by atomic mass is 10.0. The Hall–Kier alpha value is -1.85. The molecule has 2 aliphatic carbocycles. The second kappa shape index (κ2) is 6.95. The minimum atomic E-state index is -2.79. The van der Waals surface area contributed by atoms with Crippen molar-refractivity contribution >= 4 is 5.96 Å². The van der Waals surface area contributed by atoms with Crippen molar-refractivity contribution in [3.63, 3.8) is 0 Å². The van der Waals surface area contributed by atoms with Gasteiger partial charge in [-0.2, -0.15) is 8.78 Å². The summed E-state index contributed by atoms with van der Waals surface area (Å²) >= 11 is 0. The summed E-state index contributed by atoms with van der Waals surface area (Å²) in [5.74, 6) is 1.96. The highest BCUT2D eigenvalue weighted by atomic mass is 19.3. The molecule has 1 N–H and O–H groups in total. The first kappa shape index (κ1) is 17.0. The lowest BCUT2D eigenvalue weighted by Gasteiger charge is -2.24. The number of rotatable bonds is 7. The average molecular weight is 337 g/mol. The van der Waals surface area contributed by atoms with Crippen LogP contribution < -0.4 is 10.1 Å². The third kappa shape index (κ3) is 4.16. The molecule has 0 unspecified atom stereocenters. The van der Waals surface area contributed by atoms with E-state index in [4.69, 9.17) is 0 Å². The molecule has 0 amide bonds. The molecular formula is C18H25F2N3O. The van der Waals surface area contributed by atoms with Gasteiger partial charge in [0.1, 0.15) is 5.75 Å². The van der Waals surface area contributed by atoms with Crippen molar-refractivity contribution in [1.29, 1.82) is 0 Å². The largest absolute Gasteiger partial charge is 0.435 e. The van der Waals surface area contributed by atoms with E-state index in [1.807, 2.05) is 11.9 Å². The SMILES string of the molecule is CN=C(NCC1(C2CC2)CC1)N(C)Cc1ccc(OC(F)F)cc1. The standard InChI is InChI=1S/C18H25F2N3O/c1-21-17(22-12-18(9-10-18)14-5-6-14)23(2)11-13-3-7-15(8-4-13)24-16(19)20/h3-4,7-8,14,16H,5-6,9-12H2,1-2H3,(H,21,22). The zero-order valence-corrected chi connectivity index (χ0v) is 14.3. The van der Waals surface area contributed by atoms with Crippen LogP contribution in [-0.4, -0.2) is 38.1 Å². The molecule has 0 heterocycles. The van der Waals surface area contributed by atoms with Gasteiger partial charge >= 0.3 is 6.61 Å². The van der Waals surface area contributed by atoms with E-state index in [1.54, 1.807) is 31.3 Å². The first-order valence-corrected chi connectivity index (χ1v) is 8.48. The molecule has 0 spiro atoms. The average Bonchev–Trinajstić information content (AvgIpc) is 3.43. The molecular weight excluding hydrogens is 312 g/mol. The van der Waals surface area contributed by atoms with Gasteiger partial charge in [0.05, 0.1) is 0 Å². The predicted octanol–water partition coefficient (Wildman–Crippen LogP) is 3.49. The van der Waals surface area contributed by atoms with Crippen LogP contribution in [0.25, 0.3) is 0 Å². The zero-order chi connectivity index (χ0) is 17.2. The third-order valence-corrected chi connectivity index (χ3v) is 5.08. The van der Waals surface area contributed by atoms with E-state index in [0.29, 0.717) is 12.0 Å². The minimum absolute atomic E-state index is 0.180. The molecule has 132 valence electrons. The van der Waals surface area contributed by atoms with Crippen molar-refractivity contribution in [2.75, 3.05) is 20.6 Å². The number of hydrogen-bond acceptors (Lipinski definition) is 2. The van der Waals surface area contributed by atoms with Crippen LogP contribution in [0.4, 0.5) is 8.78 Å². The van der Waals surface area contributed by atoms with E-state index in [2.05, 4.69) is 15.0 Å². The first-order valence-electron chi connectivity index (χ1n) is 8.48. The molecule has 4 nitrogen and oxygen atoms in total. The van der Waals surface area contributed by atoms with Crippen LogP contribution >= 0.6 is 0 Å². The predicted molar refractivity (Wildman–Crippen MR) is 90.3 cm³/mol. The summed E-state index contributed by atoms with van der Waals surface area (Å²) in [5, 5.41) is 3.50. The van der Waals surface area contributed by atoms with Crippen molar-refractivity contribution in [2.45, 2.75) is 38.8 Å². The molecule has 0 saturated heterocycles. The number of nitrogens with zero attached hydrogens (tertiary/aromatic N) is 2. The normalized spacial score (nSPS) is 19.3. The summed E-state index contributed by atoms with van der Waals surface area (Å²) in [6, 6.07) is 6.73. The number of guanidine groups is 1. The van der Waals surface area contributed by atoms with Gasteiger partial charge in [0, 0.05) is 27.2 Å². The fraction of sp³-hybridized carbons (Fsp3) is 0.611. The number of nitrogens with one attached hydrogen (secondary N) is 1. The summed E-state index contributed by atoms with van der Waals surface area (Å²) in [5.41, 5.74) is 1.54. The Morgan fingerprint density at radius 3 is 2.50 bits per heavy atom. The molecule has 0 aliphatic heterocycles. The van der Waals surface area contributed by atoms with Crippen LogP contribution in [0.3, 0.4) is 0 Å². The molecule has 6 heteroatoms. The molecule has 1 aromatic carbocycles. The summed E-state index contributed by atoms with van der Waals surface area (Å²) in [6.07, 6.45) is 5.42. The van der Waals surface area contributed by atoms with Gasteiger partial charge in [-0.25, -0.2) is 0 Å². The maximum Gasteiger partial charge on any atom is 0.387 e. The second-order valence-corrected chi connectivity index (χ2v) is 6.92. The van der Waals surface area contributed by atoms with Crippen LogP contribution in [0.1, 0.15) is 31.2 Å². The number of halogens is 2. The molecule has 1 aromatic rings. The van der Waals surface area contributed by atoms with Crippen LogP contribution in [-0.2, 0) is 6.54 Å². The Morgan fingerprint density at radius 2 is 2.00 bits per heavy atom. The Labute approximate surface area is 141 Å². The summed E-state index contributed by atoms with van der Waals surface area (Å²) in [7, 11) is 3.77. The second-order valence-electron chi connectivity index (χ2n) is 6.92. The smallest absolute Gasteiger partial charge is 0.387 e. The molecule has 24 heavy (non-hydrogen) atoms. The summed E-state index contributed by atoms with van der Waals surface area (Å²) in [4.78, 5) is 6.41. The lowest BCUT2D eigenvalue weighted by molar-refractivity contribution is -0.0498. The highest BCUT2D eigenvalue weighted by molar-refractivity contribution is 5.79. The van der Waals surface area contributed by atoms with Crippen molar-refractivity contribution in [2.24, 2.45) is 16.3 Å². The lowest BCUT2D eigenvalue weighted by Crippen LogP contribution is -2.41. The van der Waals surface area contributed by atoms with Gasteiger partial charge in [0.2, 0.25) is 0 Å². The van der Waals surface area contributed by atoms with E-state index in [0.717, 1.165) is 24.0 Å². The van der Waals surface area contributed by atoms with Crippen LogP contribution in [0, 0.1) is 11.3 Å². The number of ether oxygens (including phenoxy) is 1. The van der Waals surface area contributed by atoms with Crippen molar-refractivity contribution in [3.05, 3.63) is 29.8 Å². The van der Waals surface area contributed by atoms with E-state index in [-0.39, 0.29) is 5.75 Å². The molecule has 0 radical (unpaired) electrons. The Balaban J connectivity index is 1.51. The van der Waals surface area contributed by atoms with Crippen molar-refractivity contribution in [3.8, 4) is 5.75 Å². The highest BCUT2D eigenvalue weighted by Gasteiger charge is 2.53. The number of aliphatic imine (C=N–C) groups is 1. The molecule has 0 atom stereocenters. The fourth-order valence-corrected chi connectivity index (χ4v) is 3.35. The molecule has 0 bridgehead atoms. The minimum Gasteiger partial charge on any atom is -0.435 e. The highest BCUT2D eigenvalue weighted by Crippen LogP contribution is 2.60. The van der Waals surface area contributed by atoms with Crippen molar-refractivity contribution < 1.29 is 13.5 Å². The van der Waals surface area contributed by atoms with Crippen LogP contribution in [0.5, 0.6) is 5.75 Å². The number of benzene rings is 1. The zero-order valence-electron chi connectivity index (χ0n) is 14.3. The maximum atomic E-state index is 12.2. The molecule has 3 rings (SSSR count). The van der Waals surface area contributed by atoms with Crippen LogP contribution in [0.15, 0.2) is 29.3 Å². The van der Waals surface area contributed by atoms with E-state index < -0.39 is 6.61 Å². The van der Waals surface area contributed by atoms with Gasteiger partial charge in [-0.15, -0.1) is 0 Å². The van der Waals surface area contributed by atoms with Gasteiger partial charge < -0.3 is 15.0 Å². The summed E-state index contributed by atoms with van der Waals surface area (Å²) in [6.45, 7) is -1.14. The van der Waals surface area contributed by atoms with Crippen molar-refractivity contribution in [1.82, 2.24) is 10.2 Å². The number of hydrogen-bond donors (Lipinski definition) is 1. The fourth-order valence-electron chi connectivity index (χ4n) is 3.35. The summed E-state index contributed by atoms with van der Waals surface area (Å²) < 4.78 is 28.7. The third-order valence-electron chi connectivity index (χ3n) is 5.08. The van der Waals surface area contributed by atoms with Gasteiger partial charge in [0.25, 0.3) is 0 Å². The molecule has 2 fully saturated rings. The van der Waals surface area contributed by atoms with E-state index >= 15 is 0 Å². The Morgan fingerprint density at radius 1 is 1.33 bits per heavy atom. The monoisotopic (exact) mass is 337 g/mol. The van der Waals surface area contributed by atoms with Gasteiger partial charge in [-0.05, 0) is 54.7 Å². The molecule has 2 saturated carbocycles. The van der Waals surface area contributed by atoms with Gasteiger partial charge in [-0.1, -0.05) is 12.1 Å². The van der Waals surface area contributed by atoms with Gasteiger partial charge in [0.15, 0.2) is 5.96 Å². The Bertz CT molecular complexity index is 580. The van der Waals surface area contributed by atoms with Gasteiger partial charge in [-0.3, -0.25) is 4.99 Å². The number of alkyl halides is 2. The van der Waals surface area contributed by atoms with Crippen LogP contribution in [0.2, 0.25) is 0 Å². The molecule has 0 aromatic heterocycles. The quantitative estimate of drug-likeness (QED) is 0.611. The maximum absolute atomic E-state index is 12.2. The van der Waals surface area contributed by atoms with E-state index in [1.165, 1.54) is 25.7 Å². The Kier molecular flexibility index (Phi) is 4.92. The first-order chi connectivity index (χ1) is 11.5. The topological polar surface area (TPSA) is 36.9 Å².